The van der Waals surface area contributed by atoms with Crippen LogP contribution in [0, 0.1) is 0 Å². The average Bonchev–Trinajstić information content (AvgIpc) is 3.30. The zero-order valence-corrected chi connectivity index (χ0v) is 18.4. The molecule has 0 spiro atoms. The largest absolute Gasteiger partial charge is 0.493 e. The number of aromatic carboxylic acids is 1. The number of nitrogens with zero attached hydrogens (tertiary/aromatic N) is 3. The molecule has 0 saturated carbocycles. The highest BCUT2D eigenvalue weighted by atomic mass is 32.2. The lowest BCUT2D eigenvalue weighted by molar-refractivity contribution is 0.0697. The first kappa shape index (κ1) is 21.5. The van der Waals surface area contributed by atoms with Crippen molar-refractivity contribution < 1.29 is 19.4 Å². The predicted octanol–water partition coefficient (Wildman–Crippen LogP) is 4.35. The number of benzene rings is 2. The molecular formula is C23H22N4O4S. The summed E-state index contributed by atoms with van der Waals surface area (Å²) in [6, 6.07) is 16.5. The maximum absolute atomic E-state index is 11.0. The fourth-order valence-corrected chi connectivity index (χ4v) is 3.96. The minimum atomic E-state index is -0.934. The van der Waals surface area contributed by atoms with E-state index in [-0.39, 0.29) is 5.56 Å². The normalized spacial score (nSPS) is 10.8. The maximum Gasteiger partial charge on any atom is 0.335 e. The number of rotatable bonds is 9. The Bertz CT molecular complexity index is 1240. The first-order chi connectivity index (χ1) is 15.6. The Hall–Kier alpha value is -3.72. The van der Waals surface area contributed by atoms with Crippen LogP contribution in [0.2, 0.25) is 0 Å². The summed E-state index contributed by atoms with van der Waals surface area (Å²) in [5.41, 5.74) is 3.17. The minimum absolute atomic E-state index is 0.269. The lowest BCUT2D eigenvalue weighted by atomic mass is 10.1. The van der Waals surface area contributed by atoms with E-state index >= 15 is 0 Å². The Balaban J connectivity index is 1.50. The molecule has 0 aliphatic carbocycles. The van der Waals surface area contributed by atoms with Gasteiger partial charge in [0.1, 0.15) is 5.52 Å². The highest BCUT2D eigenvalue weighted by molar-refractivity contribution is 7.98. The summed E-state index contributed by atoms with van der Waals surface area (Å²) >= 11 is 1.49. The van der Waals surface area contributed by atoms with E-state index in [0.717, 1.165) is 22.5 Å². The monoisotopic (exact) mass is 450 g/mol. The second-order valence-corrected chi connectivity index (χ2v) is 7.86. The van der Waals surface area contributed by atoms with Crippen LogP contribution in [0.3, 0.4) is 0 Å². The maximum atomic E-state index is 11.0. The Labute approximate surface area is 189 Å². The van der Waals surface area contributed by atoms with Crippen LogP contribution < -0.4 is 14.8 Å². The molecule has 0 unspecified atom stereocenters. The SMILES string of the molecule is COc1ccc(CNc2nc(SCc3ccc(C(=O)O)cc3)nn3cccc23)cc1OC. The van der Waals surface area contributed by atoms with Gasteiger partial charge in [-0.2, -0.15) is 0 Å². The van der Waals surface area contributed by atoms with E-state index in [4.69, 9.17) is 19.6 Å². The smallest absolute Gasteiger partial charge is 0.335 e. The number of thioether (sulfide) groups is 1. The van der Waals surface area contributed by atoms with Crippen LogP contribution in [0.25, 0.3) is 5.52 Å². The average molecular weight is 451 g/mol. The van der Waals surface area contributed by atoms with Crippen molar-refractivity contribution in [2.24, 2.45) is 0 Å². The van der Waals surface area contributed by atoms with Crippen molar-refractivity contribution >= 4 is 29.1 Å². The third kappa shape index (κ3) is 4.78. The first-order valence-electron chi connectivity index (χ1n) is 9.82. The van der Waals surface area contributed by atoms with E-state index in [1.165, 1.54) is 11.8 Å². The molecule has 2 aromatic heterocycles. The van der Waals surface area contributed by atoms with Gasteiger partial charge in [0.05, 0.1) is 19.8 Å². The van der Waals surface area contributed by atoms with Gasteiger partial charge >= 0.3 is 5.97 Å². The Kier molecular flexibility index (Phi) is 6.46. The van der Waals surface area contributed by atoms with Gasteiger partial charge in [-0.25, -0.2) is 14.3 Å². The van der Waals surface area contributed by atoms with Crippen LogP contribution in [-0.2, 0) is 12.3 Å². The minimum Gasteiger partial charge on any atom is -0.493 e. The van der Waals surface area contributed by atoms with Gasteiger partial charge in [0.15, 0.2) is 17.3 Å². The summed E-state index contributed by atoms with van der Waals surface area (Å²) in [6.45, 7) is 0.555. The number of hydrogen-bond donors (Lipinski definition) is 2. The van der Waals surface area contributed by atoms with Crippen LogP contribution in [0.4, 0.5) is 5.82 Å². The van der Waals surface area contributed by atoms with E-state index in [1.807, 2.05) is 36.5 Å². The van der Waals surface area contributed by atoms with Crippen molar-refractivity contribution in [3.05, 3.63) is 77.5 Å². The molecule has 2 N–H and O–H groups in total. The van der Waals surface area contributed by atoms with Gasteiger partial charge in [0, 0.05) is 18.5 Å². The van der Waals surface area contributed by atoms with Crippen molar-refractivity contribution in [3.8, 4) is 11.5 Å². The quantitative estimate of drug-likeness (QED) is 0.363. The molecule has 2 heterocycles. The van der Waals surface area contributed by atoms with E-state index in [1.54, 1.807) is 43.0 Å². The number of aromatic nitrogens is 3. The molecule has 164 valence electrons. The molecule has 0 atom stereocenters. The molecule has 0 amide bonds. The third-order valence-corrected chi connectivity index (χ3v) is 5.76. The van der Waals surface area contributed by atoms with Crippen molar-refractivity contribution in [3.63, 3.8) is 0 Å². The van der Waals surface area contributed by atoms with Crippen molar-refractivity contribution in [1.29, 1.82) is 0 Å². The Morgan fingerprint density at radius 1 is 1.06 bits per heavy atom. The lowest BCUT2D eigenvalue weighted by Gasteiger charge is -2.12. The number of nitrogens with one attached hydrogen (secondary N) is 1. The second-order valence-electron chi connectivity index (χ2n) is 6.91. The summed E-state index contributed by atoms with van der Waals surface area (Å²) in [5.74, 6) is 1.77. The molecule has 0 fully saturated rings. The zero-order valence-electron chi connectivity index (χ0n) is 17.6. The van der Waals surface area contributed by atoms with E-state index in [2.05, 4.69) is 10.4 Å². The van der Waals surface area contributed by atoms with Gasteiger partial charge in [-0.05, 0) is 47.5 Å². The number of anilines is 1. The van der Waals surface area contributed by atoms with Gasteiger partial charge in [-0.3, -0.25) is 0 Å². The molecule has 2 aromatic carbocycles. The van der Waals surface area contributed by atoms with E-state index in [9.17, 15) is 4.79 Å². The first-order valence-corrected chi connectivity index (χ1v) is 10.8. The standard InChI is InChI=1S/C23H22N4O4S/c1-30-19-10-7-16(12-20(19)31-2)13-24-21-18-4-3-11-27(18)26-23(25-21)32-14-15-5-8-17(9-6-15)22(28)29/h3-12H,13-14H2,1-2H3,(H,28,29)(H,24,25,26). The molecule has 0 saturated heterocycles. The van der Waals surface area contributed by atoms with Gasteiger partial charge in [0.2, 0.25) is 5.16 Å². The molecule has 9 heteroatoms. The molecule has 4 aromatic rings. The summed E-state index contributed by atoms with van der Waals surface area (Å²) in [6.07, 6.45) is 1.88. The fourth-order valence-electron chi connectivity index (χ4n) is 3.17. The second kappa shape index (κ2) is 9.61. The third-order valence-electron chi connectivity index (χ3n) is 4.85. The van der Waals surface area contributed by atoms with Gasteiger partial charge < -0.3 is 19.9 Å². The van der Waals surface area contributed by atoms with E-state index < -0.39 is 5.97 Å². The number of ether oxygens (including phenoxy) is 2. The highest BCUT2D eigenvalue weighted by Gasteiger charge is 2.10. The van der Waals surface area contributed by atoms with Crippen molar-refractivity contribution in [2.45, 2.75) is 17.5 Å². The molecule has 8 nitrogen and oxygen atoms in total. The van der Waals surface area contributed by atoms with Crippen LogP contribution in [-0.4, -0.2) is 39.9 Å². The molecular weight excluding hydrogens is 428 g/mol. The van der Waals surface area contributed by atoms with Crippen molar-refractivity contribution in [1.82, 2.24) is 14.6 Å². The molecule has 0 aliphatic rings. The summed E-state index contributed by atoms with van der Waals surface area (Å²) in [7, 11) is 3.22. The summed E-state index contributed by atoms with van der Waals surface area (Å²) in [4.78, 5) is 15.7. The van der Waals surface area contributed by atoms with Crippen LogP contribution in [0.5, 0.6) is 11.5 Å². The number of carboxylic acids is 1. The molecule has 0 radical (unpaired) electrons. The van der Waals surface area contributed by atoms with Crippen LogP contribution in [0.1, 0.15) is 21.5 Å². The number of fused-ring (bicyclic) bond motifs is 1. The molecule has 0 aliphatic heterocycles. The number of carbonyl (C=O) groups is 1. The van der Waals surface area contributed by atoms with Gasteiger partial charge in [0.25, 0.3) is 0 Å². The number of methoxy groups -OCH3 is 2. The van der Waals surface area contributed by atoms with E-state index in [0.29, 0.717) is 29.0 Å². The van der Waals surface area contributed by atoms with Gasteiger partial charge in [-0.1, -0.05) is 30.0 Å². The van der Waals surface area contributed by atoms with Crippen molar-refractivity contribution in [2.75, 3.05) is 19.5 Å². The Morgan fingerprint density at radius 2 is 1.81 bits per heavy atom. The van der Waals surface area contributed by atoms with Crippen LogP contribution >= 0.6 is 11.8 Å². The zero-order chi connectivity index (χ0) is 22.5. The fraction of sp³-hybridized carbons (Fsp3) is 0.174. The molecule has 32 heavy (non-hydrogen) atoms. The van der Waals surface area contributed by atoms with Crippen LogP contribution in [0.15, 0.2) is 66.0 Å². The molecule has 0 bridgehead atoms. The summed E-state index contributed by atoms with van der Waals surface area (Å²) in [5, 5.41) is 17.6. The number of hydrogen-bond acceptors (Lipinski definition) is 7. The van der Waals surface area contributed by atoms with Gasteiger partial charge in [-0.15, -0.1) is 5.10 Å². The predicted molar refractivity (Wildman–Crippen MR) is 123 cm³/mol. The Morgan fingerprint density at radius 3 is 2.53 bits per heavy atom. The number of carboxylic acid groups (broad SMARTS) is 1. The molecule has 4 rings (SSSR count). The highest BCUT2D eigenvalue weighted by Crippen LogP contribution is 2.28. The lowest BCUT2D eigenvalue weighted by Crippen LogP contribution is -2.07. The topological polar surface area (TPSA) is 98.0 Å². The summed E-state index contributed by atoms with van der Waals surface area (Å²) < 4.78 is 12.5.